The molecule has 0 saturated carbocycles. The first-order valence-corrected chi connectivity index (χ1v) is 8.91. The molecule has 142 valence electrons. The van der Waals surface area contributed by atoms with Gasteiger partial charge >= 0.3 is 0 Å². The van der Waals surface area contributed by atoms with E-state index in [1.165, 1.54) is 0 Å². The van der Waals surface area contributed by atoms with E-state index in [1.54, 1.807) is 26.4 Å². The van der Waals surface area contributed by atoms with Gasteiger partial charge in [0.05, 0.1) is 25.9 Å². The number of piperidine rings is 1. The van der Waals surface area contributed by atoms with Crippen LogP contribution in [0.15, 0.2) is 42.5 Å². The van der Waals surface area contributed by atoms with Gasteiger partial charge in [-0.05, 0) is 30.2 Å². The Morgan fingerprint density at radius 1 is 1.15 bits per heavy atom. The summed E-state index contributed by atoms with van der Waals surface area (Å²) in [5, 5.41) is 19.8. The van der Waals surface area contributed by atoms with Crippen molar-refractivity contribution in [3.05, 3.63) is 53.6 Å². The van der Waals surface area contributed by atoms with E-state index in [0.29, 0.717) is 42.3 Å². The van der Waals surface area contributed by atoms with Crippen molar-refractivity contribution in [3.63, 3.8) is 0 Å². The first-order valence-electron chi connectivity index (χ1n) is 8.91. The lowest BCUT2D eigenvalue weighted by atomic mass is 10.0. The van der Waals surface area contributed by atoms with Crippen LogP contribution in [0.3, 0.4) is 0 Å². The fourth-order valence-electron chi connectivity index (χ4n) is 3.33. The van der Waals surface area contributed by atoms with Crippen LogP contribution in [0.5, 0.6) is 17.2 Å². The Balaban J connectivity index is 1.61. The highest BCUT2D eigenvalue weighted by atomic mass is 16.5. The Kier molecular flexibility index (Phi) is 6.17. The van der Waals surface area contributed by atoms with Gasteiger partial charge in [-0.3, -0.25) is 4.90 Å². The van der Waals surface area contributed by atoms with Crippen molar-refractivity contribution in [1.29, 1.82) is 5.26 Å². The van der Waals surface area contributed by atoms with Crippen LogP contribution in [0, 0.1) is 11.3 Å². The third-order valence-electron chi connectivity index (χ3n) is 4.78. The molecule has 3 rings (SSSR count). The summed E-state index contributed by atoms with van der Waals surface area (Å²) in [6, 6.07) is 15.1. The van der Waals surface area contributed by atoms with Gasteiger partial charge in [0.25, 0.3) is 0 Å². The normalized spacial score (nSPS) is 19.9. The van der Waals surface area contributed by atoms with E-state index in [1.807, 2.05) is 30.3 Å². The highest BCUT2D eigenvalue weighted by molar-refractivity contribution is 5.45. The van der Waals surface area contributed by atoms with Gasteiger partial charge in [0.15, 0.2) is 11.5 Å². The van der Waals surface area contributed by atoms with Crippen LogP contribution >= 0.6 is 0 Å². The fraction of sp³-hybridized carbons (Fsp3) is 0.381. The molecule has 0 aromatic heterocycles. The van der Waals surface area contributed by atoms with Gasteiger partial charge in [0.1, 0.15) is 18.0 Å². The van der Waals surface area contributed by atoms with Crippen LogP contribution in [0.1, 0.15) is 17.5 Å². The van der Waals surface area contributed by atoms with Crippen molar-refractivity contribution in [2.75, 3.05) is 27.3 Å². The number of ether oxygens (including phenoxy) is 3. The van der Waals surface area contributed by atoms with E-state index in [9.17, 15) is 10.4 Å². The molecular weight excluding hydrogens is 344 g/mol. The number of rotatable bonds is 6. The number of likely N-dealkylation sites (tertiary alicyclic amines) is 1. The highest BCUT2D eigenvalue weighted by Crippen LogP contribution is 2.32. The molecule has 1 fully saturated rings. The lowest BCUT2D eigenvalue weighted by molar-refractivity contribution is -0.0275. The van der Waals surface area contributed by atoms with Gasteiger partial charge in [-0.2, -0.15) is 5.26 Å². The van der Waals surface area contributed by atoms with Crippen molar-refractivity contribution < 1.29 is 19.3 Å². The number of aliphatic hydroxyl groups is 1. The Bertz CT molecular complexity index is 818. The van der Waals surface area contributed by atoms with Crippen LogP contribution in [0.25, 0.3) is 0 Å². The van der Waals surface area contributed by atoms with Crippen molar-refractivity contribution >= 4 is 0 Å². The number of nitriles is 1. The Morgan fingerprint density at radius 2 is 1.93 bits per heavy atom. The Morgan fingerprint density at radius 3 is 2.63 bits per heavy atom. The first kappa shape index (κ1) is 19.0. The summed E-state index contributed by atoms with van der Waals surface area (Å²) in [6.45, 7) is 1.93. The standard InChI is InChI=1S/C21H24N2O4/c1-25-20-8-7-17(11-21(20)26-2)27-19-9-10-23(14-18(19)24)13-16-6-4-3-5-15(16)12-22/h3-8,11,18-19,24H,9-10,13-14H2,1-2H3/t18-,19-/m1/s1. The maximum Gasteiger partial charge on any atom is 0.164 e. The van der Waals surface area contributed by atoms with E-state index >= 15 is 0 Å². The maximum absolute atomic E-state index is 10.5. The average Bonchev–Trinajstić information content (AvgIpc) is 2.70. The minimum Gasteiger partial charge on any atom is -0.493 e. The zero-order valence-corrected chi connectivity index (χ0v) is 15.6. The molecule has 1 N–H and O–H groups in total. The molecule has 2 atom stereocenters. The average molecular weight is 368 g/mol. The van der Waals surface area contributed by atoms with E-state index in [-0.39, 0.29) is 6.10 Å². The molecule has 2 aromatic carbocycles. The van der Waals surface area contributed by atoms with E-state index < -0.39 is 6.10 Å². The summed E-state index contributed by atoms with van der Waals surface area (Å²) in [5.74, 6) is 1.87. The predicted octanol–water partition coefficient (Wildman–Crippen LogP) is 2.59. The quantitative estimate of drug-likeness (QED) is 0.845. The molecule has 0 aliphatic carbocycles. The minimum absolute atomic E-state index is 0.287. The van der Waals surface area contributed by atoms with Gasteiger partial charge in [-0.15, -0.1) is 0 Å². The van der Waals surface area contributed by atoms with E-state index in [2.05, 4.69) is 11.0 Å². The molecule has 6 nitrogen and oxygen atoms in total. The second kappa shape index (κ2) is 8.76. The zero-order valence-electron chi connectivity index (χ0n) is 15.6. The van der Waals surface area contributed by atoms with Gasteiger partial charge in [0, 0.05) is 25.7 Å². The van der Waals surface area contributed by atoms with Gasteiger partial charge in [0.2, 0.25) is 0 Å². The van der Waals surface area contributed by atoms with Crippen LogP contribution in [0.4, 0.5) is 0 Å². The van der Waals surface area contributed by atoms with Crippen LogP contribution < -0.4 is 14.2 Å². The molecule has 0 amide bonds. The molecule has 0 radical (unpaired) electrons. The number of benzene rings is 2. The third-order valence-corrected chi connectivity index (χ3v) is 4.78. The highest BCUT2D eigenvalue weighted by Gasteiger charge is 2.29. The fourth-order valence-corrected chi connectivity index (χ4v) is 3.33. The van der Waals surface area contributed by atoms with Gasteiger partial charge in [-0.1, -0.05) is 18.2 Å². The SMILES string of the molecule is COc1ccc(O[C@@H]2CCN(Cc3ccccc3C#N)C[C@H]2O)cc1OC. The summed E-state index contributed by atoms with van der Waals surface area (Å²) in [5.41, 5.74) is 1.65. The summed E-state index contributed by atoms with van der Waals surface area (Å²) < 4.78 is 16.5. The number of aliphatic hydroxyl groups excluding tert-OH is 1. The second-order valence-electron chi connectivity index (χ2n) is 6.53. The molecule has 1 aliphatic rings. The summed E-state index contributed by atoms with van der Waals surface area (Å²) >= 11 is 0. The van der Waals surface area contributed by atoms with Crippen molar-refractivity contribution in [2.24, 2.45) is 0 Å². The number of nitrogens with zero attached hydrogens (tertiary/aromatic N) is 2. The van der Waals surface area contributed by atoms with Crippen LogP contribution in [-0.4, -0.2) is 49.5 Å². The van der Waals surface area contributed by atoms with Crippen LogP contribution in [0.2, 0.25) is 0 Å². The summed E-state index contributed by atoms with van der Waals surface area (Å²) in [6.07, 6.45) is -0.198. The van der Waals surface area contributed by atoms with Crippen molar-refractivity contribution in [1.82, 2.24) is 4.90 Å². The van der Waals surface area contributed by atoms with Crippen molar-refractivity contribution in [2.45, 2.75) is 25.2 Å². The van der Waals surface area contributed by atoms with Crippen molar-refractivity contribution in [3.8, 4) is 23.3 Å². The smallest absolute Gasteiger partial charge is 0.164 e. The summed E-state index contributed by atoms with van der Waals surface area (Å²) in [4.78, 5) is 2.15. The lowest BCUT2D eigenvalue weighted by Crippen LogP contribution is -2.48. The minimum atomic E-state index is -0.610. The van der Waals surface area contributed by atoms with Crippen LogP contribution in [-0.2, 0) is 6.54 Å². The lowest BCUT2D eigenvalue weighted by Gasteiger charge is -2.36. The number of β-amino-alcohol motifs (C(OH)–C–C–N with tert-alkyl or cyclic N) is 1. The Labute approximate surface area is 159 Å². The first-order chi connectivity index (χ1) is 13.1. The molecule has 1 saturated heterocycles. The van der Waals surface area contributed by atoms with E-state index in [4.69, 9.17) is 14.2 Å². The third kappa shape index (κ3) is 4.51. The zero-order chi connectivity index (χ0) is 19.2. The number of hydrogen-bond acceptors (Lipinski definition) is 6. The topological polar surface area (TPSA) is 75.0 Å². The molecule has 0 spiro atoms. The molecule has 27 heavy (non-hydrogen) atoms. The number of hydrogen-bond donors (Lipinski definition) is 1. The largest absolute Gasteiger partial charge is 0.493 e. The summed E-state index contributed by atoms with van der Waals surface area (Å²) in [7, 11) is 3.16. The Hall–Kier alpha value is -2.75. The molecular formula is C21H24N2O4. The molecule has 0 unspecified atom stereocenters. The monoisotopic (exact) mass is 368 g/mol. The van der Waals surface area contributed by atoms with Gasteiger partial charge in [-0.25, -0.2) is 0 Å². The molecule has 6 heteroatoms. The molecule has 0 bridgehead atoms. The molecule has 1 heterocycles. The van der Waals surface area contributed by atoms with Gasteiger partial charge < -0.3 is 19.3 Å². The molecule has 1 aliphatic heterocycles. The van der Waals surface area contributed by atoms with E-state index in [0.717, 1.165) is 12.1 Å². The maximum atomic E-state index is 10.5. The predicted molar refractivity (Wildman–Crippen MR) is 101 cm³/mol. The number of methoxy groups -OCH3 is 2. The second-order valence-corrected chi connectivity index (χ2v) is 6.53. The molecule has 2 aromatic rings.